The van der Waals surface area contributed by atoms with Gasteiger partial charge >= 0.3 is 0 Å². The van der Waals surface area contributed by atoms with E-state index in [1.54, 1.807) is 0 Å². The number of rotatable bonds is 6. The molecule has 3 rings (SSSR count). The average Bonchev–Trinajstić information content (AvgIpc) is 2.96. The van der Waals surface area contributed by atoms with Crippen LogP contribution in [0.25, 0.3) is 5.52 Å². The first-order chi connectivity index (χ1) is 10.8. The smallest absolute Gasteiger partial charge is 0.167 e. The lowest BCUT2D eigenvalue weighted by Gasteiger charge is -2.30. The maximum Gasteiger partial charge on any atom is 0.167 e. The molecule has 6 nitrogen and oxygen atoms in total. The van der Waals surface area contributed by atoms with Gasteiger partial charge in [0.2, 0.25) is 0 Å². The first-order valence-electron chi connectivity index (χ1n) is 8.27. The van der Waals surface area contributed by atoms with Gasteiger partial charge in [0.1, 0.15) is 11.8 Å². The van der Waals surface area contributed by atoms with Crippen molar-refractivity contribution in [1.29, 1.82) is 0 Å². The third-order valence-corrected chi connectivity index (χ3v) is 4.67. The minimum atomic E-state index is 0.670. The highest BCUT2D eigenvalue weighted by molar-refractivity contribution is 5.67. The van der Waals surface area contributed by atoms with Crippen molar-refractivity contribution in [2.24, 2.45) is 11.8 Å². The van der Waals surface area contributed by atoms with Crippen LogP contribution in [0.3, 0.4) is 0 Å². The van der Waals surface area contributed by atoms with Gasteiger partial charge in [-0.2, -0.15) is 5.10 Å². The van der Waals surface area contributed by atoms with E-state index >= 15 is 0 Å². The summed E-state index contributed by atoms with van der Waals surface area (Å²) < 4.78 is 1.84. The van der Waals surface area contributed by atoms with E-state index in [1.165, 1.54) is 57.2 Å². The fourth-order valence-electron chi connectivity index (χ4n) is 3.18. The van der Waals surface area contributed by atoms with Gasteiger partial charge in [-0.05, 0) is 69.3 Å². The van der Waals surface area contributed by atoms with Crippen molar-refractivity contribution in [3.05, 3.63) is 24.2 Å². The summed E-state index contributed by atoms with van der Waals surface area (Å²) in [6, 6.07) is 2.12. The number of hydrogen-bond acceptors (Lipinski definition) is 5. The largest absolute Gasteiger partial charge is 0.307 e. The Kier molecular flexibility index (Phi) is 4.90. The predicted molar refractivity (Wildman–Crippen MR) is 88.6 cm³/mol. The number of hydrazine groups is 1. The van der Waals surface area contributed by atoms with Crippen LogP contribution in [0.15, 0.2) is 18.6 Å². The maximum absolute atomic E-state index is 5.48. The molecule has 0 radical (unpaired) electrons. The molecule has 0 amide bonds. The highest BCUT2D eigenvalue weighted by Gasteiger charge is 2.14. The van der Waals surface area contributed by atoms with Crippen molar-refractivity contribution < 1.29 is 0 Å². The second-order valence-corrected chi connectivity index (χ2v) is 6.41. The molecule has 0 unspecified atom stereocenters. The van der Waals surface area contributed by atoms with Gasteiger partial charge < -0.3 is 10.3 Å². The van der Waals surface area contributed by atoms with E-state index in [1.807, 2.05) is 4.52 Å². The lowest BCUT2D eigenvalue weighted by molar-refractivity contribution is 0.189. The van der Waals surface area contributed by atoms with E-state index in [4.69, 9.17) is 5.84 Å². The number of likely N-dealkylation sites (tertiary alicyclic amines) is 1. The quantitative estimate of drug-likeness (QED) is 0.485. The molecule has 1 aliphatic heterocycles. The molecule has 3 N–H and O–H groups in total. The Morgan fingerprint density at radius 1 is 1.32 bits per heavy atom. The summed E-state index contributed by atoms with van der Waals surface area (Å²) in [4.78, 5) is 6.74. The van der Waals surface area contributed by atoms with Gasteiger partial charge in [0, 0.05) is 6.20 Å². The Balaban J connectivity index is 1.47. The lowest BCUT2D eigenvalue weighted by Crippen LogP contribution is -2.33. The van der Waals surface area contributed by atoms with Crippen molar-refractivity contribution in [2.75, 3.05) is 25.1 Å². The van der Waals surface area contributed by atoms with Gasteiger partial charge in [0.25, 0.3) is 0 Å². The predicted octanol–water partition coefficient (Wildman–Crippen LogP) is 2.07. The number of nitrogen functional groups attached to an aromatic ring is 1. The Bertz CT molecular complexity index is 600. The molecule has 2 aromatic heterocycles. The van der Waals surface area contributed by atoms with Crippen molar-refractivity contribution in [2.45, 2.75) is 39.0 Å². The van der Waals surface area contributed by atoms with Crippen molar-refractivity contribution >= 4 is 11.3 Å². The van der Waals surface area contributed by atoms with E-state index < -0.39 is 0 Å². The average molecular weight is 302 g/mol. The molecule has 1 saturated heterocycles. The summed E-state index contributed by atoms with van der Waals surface area (Å²) in [6.45, 7) is 6.15. The van der Waals surface area contributed by atoms with Crippen LogP contribution in [0, 0.1) is 5.92 Å². The van der Waals surface area contributed by atoms with E-state index in [-0.39, 0.29) is 0 Å². The molecule has 1 aliphatic rings. The summed E-state index contributed by atoms with van der Waals surface area (Å²) >= 11 is 0. The molecule has 0 aromatic carbocycles. The SMILES string of the molecule is CC1CCN(CCCCc2cc3c(NN)ncnn3c2)CC1. The number of aryl methyl sites for hydroxylation is 1. The minimum Gasteiger partial charge on any atom is -0.307 e. The van der Waals surface area contributed by atoms with Crippen LogP contribution in [0.5, 0.6) is 0 Å². The zero-order valence-corrected chi connectivity index (χ0v) is 13.3. The van der Waals surface area contributed by atoms with Gasteiger partial charge in [-0.25, -0.2) is 15.3 Å². The zero-order valence-electron chi connectivity index (χ0n) is 13.3. The Morgan fingerprint density at radius 2 is 2.14 bits per heavy atom. The van der Waals surface area contributed by atoms with E-state index in [2.05, 4.69) is 39.6 Å². The topological polar surface area (TPSA) is 71.5 Å². The fourth-order valence-corrected chi connectivity index (χ4v) is 3.18. The van der Waals surface area contributed by atoms with Crippen LogP contribution in [0.1, 0.15) is 38.2 Å². The first-order valence-corrected chi connectivity index (χ1v) is 8.27. The third-order valence-electron chi connectivity index (χ3n) is 4.67. The number of piperidine rings is 1. The lowest BCUT2D eigenvalue weighted by atomic mass is 9.99. The van der Waals surface area contributed by atoms with Crippen LogP contribution in [0.4, 0.5) is 5.82 Å². The Morgan fingerprint density at radius 3 is 2.91 bits per heavy atom. The molecule has 22 heavy (non-hydrogen) atoms. The number of nitrogens with one attached hydrogen (secondary N) is 1. The molecular weight excluding hydrogens is 276 g/mol. The summed E-state index contributed by atoms with van der Waals surface area (Å²) in [5.41, 5.74) is 4.85. The first kappa shape index (κ1) is 15.2. The summed E-state index contributed by atoms with van der Waals surface area (Å²) in [6.07, 6.45) is 9.86. The summed E-state index contributed by atoms with van der Waals surface area (Å²) in [5, 5.41) is 4.22. The maximum atomic E-state index is 5.48. The number of nitrogens with zero attached hydrogens (tertiary/aromatic N) is 4. The molecule has 0 bridgehead atoms. The van der Waals surface area contributed by atoms with E-state index in [0.29, 0.717) is 5.82 Å². The van der Waals surface area contributed by atoms with Crippen molar-refractivity contribution in [3.8, 4) is 0 Å². The third kappa shape index (κ3) is 3.56. The number of hydrogen-bond donors (Lipinski definition) is 2. The molecule has 3 heterocycles. The zero-order chi connectivity index (χ0) is 15.4. The number of unbranched alkanes of at least 4 members (excludes halogenated alkanes) is 1. The van der Waals surface area contributed by atoms with Gasteiger partial charge in [-0.1, -0.05) is 6.92 Å². The Hall–Kier alpha value is -1.66. The number of nitrogens with two attached hydrogens (primary N) is 1. The molecule has 0 atom stereocenters. The van der Waals surface area contributed by atoms with Crippen LogP contribution in [-0.2, 0) is 6.42 Å². The summed E-state index contributed by atoms with van der Waals surface area (Å²) in [7, 11) is 0. The second-order valence-electron chi connectivity index (χ2n) is 6.41. The minimum absolute atomic E-state index is 0.670. The molecule has 120 valence electrons. The molecular formula is C16H26N6. The van der Waals surface area contributed by atoms with Crippen LogP contribution < -0.4 is 11.3 Å². The van der Waals surface area contributed by atoms with Gasteiger partial charge in [0.15, 0.2) is 5.82 Å². The number of fused-ring (bicyclic) bond motifs is 1. The van der Waals surface area contributed by atoms with Gasteiger partial charge in [-0.3, -0.25) is 0 Å². The van der Waals surface area contributed by atoms with E-state index in [0.717, 1.165) is 17.9 Å². The highest BCUT2D eigenvalue weighted by atomic mass is 15.3. The highest BCUT2D eigenvalue weighted by Crippen LogP contribution is 2.18. The molecule has 6 heteroatoms. The number of aromatic nitrogens is 3. The van der Waals surface area contributed by atoms with Crippen LogP contribution >= 0.6 is 0 Å². The molecule has 2 aromatic rings. The monoisotopic (exact) mass is 302 g/mol. The van der Waals surface area contributed by atoms with Crippen molar-refractivity contribution in [1.82, 2.24) is 19.5 Å². The Labute approximate surface area is 131 Å². The molecule has 0 saturated carbocycles. The van der Waals surface area contributed by atoms with Gasteiger partial charge in [0.05, 0.1) is 0 Å². The summed E-state index contributed by atoms with van der Waals surface area (Å²) in [5.74, 6) is 7.06. The van der Waals surface area contributed by atoms with E-state index in [9.17, 15) is 0 Å². The normalized spacial score (nSPS) is 17.2. The molecule has 0 spiro atoms. The molecule has 1 fully saturated rings. The molecule has 0 aliphatic carbocycles. The van der Waals surface area contributed by atoms with Crippen LogP contribution in [-0.4, -0.2) is 39.1 Å². The van der Waals surface area contributed by atoms with Gasteiger partial charge in [-0.15, -0.1) is 0 Å². The standard InChI is InChI=1S/C16H26N6/c1-13-5-8-21(9-6-13)7-3-2-4-14-10-15-16(20-17)18-12-19-22(15)11-14/h10-13H,2-9,17H2,1H3,(H,18,19,20). The fraction of sp³-hybridized carbons (Fsp3) is 0.625. The van der Waals surface area contributed by atoms with Crippen LogP contribution in [0.2, 0.25) is 0 Å². The second kappa shape index (κ2) is 7.07. The van der Waals surface area contributed by atoms with Crippen molar-refractivity contribution in [3.63, 3.8) is 0 Å². The number of anilines is 1.